The van der Waals surface area contributed by atoms with E-state index >= 15 is 0 Å². The van der Waals surface area contributed by atoms with Crippen molar-refractivity contribution in [3.8, 4) is 0 Å². The van der Waals surface area contributed by atoms with Gasteiger partial charge in [0.05, 0.1) is 12.1 Å². The fourth-order valence-electron chi connectivity index (χ4n) is 3.24. The second-order valence-electron chi connectivity index (χ2n) is 8.01. The van der Waals surface area contributed by atoms with Crippen molar-refractivity contribution in [2.75, 3.05) is 0 Å². The molecule has 0 atom stereocenters. The highest BCUT2D eigenvalue weighted by Gasteiger charge is 2.35. The molecule has 1 aliphatic rings. The van der Waals surface area contributed by atoms with Gasteiger partial charge in [0.1, 0.15) is 21.4 Å². The number of hydrogen-bond acceptors (Lipinski definition) is 7. The van der Waals surface area contributed by atoms with E-state index in [4.69, 9.17) is 8.83 Å². The molecule has 9 heteroatoms. The lowest BCUT2D eigenvalue weighted by Crippen LogP contribution is -2.29. The first-order chi connectivity index (χ1) is 13.5. The fraction of sp³-hybridized carbons (Fsp3) is 0.350. The number of furan rings is 2. The van der Waals surface area contributed by atoms with Crippen LogP contribution in [-0.4, -0.2) is 15.6 Å². The molecule has 2 aromatic heterocycles. The number of ketones is 1. The molecule has 152 valence electrons. The van der Waals surface area contributed by atoms with Gasteiger partial charge in [-0.3, -0.25) is 25.0 Å². The number of hydrogen-bond donors (Lipinski definition) is 0. The molecular weight excluding hydrogens is 380 g/mol. The second kappa shape index (κ2) is 7.50. The SMILES string of the molecule is CC(C)(C)C1C/C(=C/c2ccc([N+](=O)[O-])o2)C(=O)/C(=C\c2ccc([N+](=O)[O-])o2)C1. The monoisotopic (exact) mass is 400 g/mol. The maximum absolute atomic E-state index is 13.0. The highest BCUT2D eigenvalue weighted by molar-refractivity contribution is 6.13. The maximum atomic E-state index is 13.0. The van der Waals surface area contributed by atoms with Crippen molar-refractivity contribution in [2.45, 2.75) is 33.6 Å². The molecule has 0 aliphatic heterocycles. The highest BCUT2D eigenvalue weighted by atomic mass is 16.7. The summed E-state index contributed by atoms with van der Waals surface area (Å²) < 4.78 is 10.3. The minimum atomic E-state index is -0.641. The van der Waals surface area contributed by atoms with Gasteiger partial charge in [-0.15, -0.1) is 0 Å². The third kappa shape index (κ3) is 4.50. The fourth-order valence-corrected chi connectivity index (χ4v) is 3.24. The van der Waals surface area contributed by atoms with Gasteiger partial charge in [0.25, 0.3) is 0 Å². The molecular formula is C20H20N2O7. The molecule has 0 unspecified atom stereocenters. The number of rotatable bonds is 4. The van der Waals surface area contributed by atoms with E-state index in [1.165, 1.54) is 36.4 Å². The third-order valence-corrected chi connectivity index (χ3v) is 4.96. The summed E-state index contributed by atoms with van der Waals surface area (Å²) in [6.45, 7) is 6.20. The van der Waals surface area contributed by atoms with Gasteiger partial charge in [-0.25, -0.2) is 0 Å². The number of nitro groups is 2. The van der Waals surface area contributed by atoms with E-state index in [2.05, 4.69) is 20.8 Å². The van der Waals surface area contributed by atoms with Crippen LogP contribution < -0.4 is 0 Å². The van der Waals surface area contributed by atoms with Crippen LogP contribution in [0.1, 0.15) is 45.1 Å². The zero-order valence-corrected chi connectivity index (χ0v) is 16.2. The summed E-state index contributed by atoms with van der Waals surface area (Å²) in [5.41, 5.74) is 0.823. The van der Waals surface area contributed by atoms with Crippen molar-refractivity contribution in [3.63, 3.8) is 0 Å². The van der Waals surface area contributed by atoms with Crippen molar-refractivity contribution in [1.29, 1.82) is 0 Å². The van der Waals surface area contributed by atoms with E-state index in [0.29, 0.717) is 24.0 Å². The summed E-state index contributed by atoms with van der Waals surface area (Å²) in [4.78, 5) is 33.4. The molecule has 0 N–H and O–H groups in total. The Labute approximate surface area is 166 Å². The van der Waals surface area contributed by atoms with Gasteiger partial charge in [-0.2, -0.15) is 0 Å². The maximum Gasteiger partial charge on any atom is 0.433 e. The normalized spacial score (nSPS) is 20.4. The molecule has 0 aromatic carbocycles. The second-order valence-corrected chi connectivity index (χ2v) is 8.01. The Bertz CT molecular complexity index is 959. The van der Waals surface area contributed by atoms with Crippen LogP contribution in [0.2, 0.25) is 0 Å². The van der Waals surface area contributed by atoms with Crippen molar-refractivity contribution in [1.82, 2.24) is 0 Å². The molecule has 3 rings (SSSR count). The van der Waals surface area contributed by atoms with Crippen LogP contribution >= 0.6 is 0 Å². The van der Waals surface area contributed by atoms with Crippen LogP contribution in [0.5, 0.6) is 0 Å². The Hall–Kier alpha value is -3.49. The summed E-state index contributed by atoms with van der Waals surface area (Å²) in [6, 6.07) is 5.36. The molecule has 1 fully saturated rings. The molecule has 2 aromatic rings. The largest absolute Gasteiger partial charge is 0.433 e. The Balaban J connectivity index is 1.98. The minimum Gasteiger partial charge on any atom is -0.401 e. The smallest absolute Gasteiger partial charge is 0.401 e. The van der Waals surface area contributed by atoms with Crippen LogP contribution in [0.25, 0.3) is 12.2 Å². The van der Waals surface area contributed by atoms with Crippen LogP contribution in [0, 0.1) is 31.6 Å². The number of nitrogens with zero attached hydrogens (tertiary/aromatic N) is 2. The van der Waals surface area contributed by atoms with Gasteiger partial charge in [-0.05, 0) is 48.5 Å². The lowest BCUT2D eigenvalue weighted by Gasteiger charge is -2.35. The average Bonchev–Trinajstić information content (AvgIpc) is 3.27. The van der Waals surface area contributed by atoms with Crippen molar-refractivity contribution < 1.29 is 23.5 Å². The van der Waals surface area contributed by atoms with Crippen molar-refractivity contribution in [3.05, 3.63) is 67.2 Å². The molecule has 2 heterocycles. The summed E-state index contributed by atoms with van der Waals surface area (Å²) in [5, 5.41) is 21.6. The molecule has 1 saturated carbocycles. The Morgan fingerprint density at radius 1 is 0.897 bits per heavy atom. The first-order valence-electron chi connectivity index (χ1n) is 8.99. The standard InChI is InChI=1S/C20H20N2O7/c1-20(2,3)14-8-12(10-15-4-6-17(28-15)21(24)25)19(23)13(9-14)11-16-5-7-18(29-16)22(26)27/h4-7,10-11,14H,8-9H2,1-3H3/b12-10-,13-11-. The lowest BCUT2D eigenvalue weighted by molar-refractivity contribution is -0.402. The van der Waals surface area contributed by atoms with E-state index in [1.807, 2.05) is 0 Å². The lowest BCUT2D eigenvalue weighted by atomic mass is 9.68. The minimum absolute atomic E-state index is 0.108. The zero-order valence-electron chi connectivity index (χ0n) is 16.2. The van der Waals surface area contributed by atoms with Crippen LogP contribution in [-0.2, 0) is 4.79 Å². The Morgan fingerprint density at radius 3 is 1.62 bits per heavy atom. The molecule has 0 bridgehead atoms. The zero-order chi connectivity index (χ0) is 21.3. The quantitative estimate of drug-likeness (QED) is 0.392. The number of carbonyl (C=O) groups is 1. The van der Waals surface area contributed by atoms with Crippen LogP contribution in [0.15, 0.2) is 44.2 Å². The van der Waals surface area contributed by atoms with E-state index < -0.39 is 21.6 Å². The van der Waals surface area contributed by atoms with Gasteiger partial charge in [0.15, 0.2) is 5.78 Å². The van der Waals surface area contributed by atoms with Crippen molar-refractivity contribution in [2.24, 2.45) is 11.3 Å². The predicted octanol–water partition coefficient (Wildman–Crippen LogP) is 5.18. The highest BCUT2D eigenvalue weighted by Crippen LogP contribution is 2.42. The predicted molar refractivity (Wildman–Crippen MR) is 104 cm³/mol. The molecule has 0 saturated heterocycles. The van der Waals surface area contributed by atoms with E-state index in [1.54, 1.807) is 0 Å². The van der Waals surface area contributed by atoms with Gasteiger partial charge >= 0.3 is 11.8 Å². The van der Waals surface area contributed by atoms with Gasteiger partial charge in [0, 0.05) is 11.1 Å². The average molecular weight is 400 g/mol. The molecule has 29 heavy (non-hydrogen) atoms. The number of Topliss-reactive ketones (excluding diaryl/α,β-unsaturated/α-hetero) is 1. The summed E-state index contributed by atoms with van der Waals surface area (Å²) in [7, 11) is 0. The topological polar surface area (TPSA) is 130 Å². The van der Waals surface area contributed by atoms with Gasteiger partial charge in [0.2, 0.25) is 0 Å². The summed E-state index contributed by atoms with van der Waals surface area (Å²) >= 11 is 0. The van der Waals surface area contributed by atoms with E-state index in [-0.39, 0.29) is 28.6 Å². The summed E-state index contributed by atoms with van der Waals surface area (Å²) in [6.07, 6.45) is 4.02. The number of carbonyl (C=O) groups excluding carboxylic acids is 1. The first kappa shape index (κ1) is 20.2. The third-order valence-electron chi connectivity index (χ3n) is 4.96. The van der Waals surface area contributed by atoms with Crippen LogP contribution in [0.3, 0.4) is 0 Å². The van der Waals surface area contributed by atoms with E-state index in [9.17, 15) is 25.0 Å². The molecule has 0 radical (unpaired) electrons. The molecule has 0 spiro atoms. The van der Waals surface area contributed by atoms with Crippen LogP contribution in [0.4, 0.5) is 11.8 Å². The van der Waals surface area contributed by atoms with Gasteiger partial charge < -0.3 is 8.83 Å². The number of allylic oxidation sites excluding steroid dienone is 2. The van der Waals surface area contributed by atoms with Gasteiger partial charge in [-0.1, -0.05) is 20.8 Å². The van der Waals surface area contributed by atoms with E-state index in [0.717, 1.165) is 0 Å². The van der Waals surface area contributed by atoms with Crippen molar-refractivity contribution >= 4 is 29.7 Å². The Kier molecular flexibility index (Phi) is 5.23. The molecule has 9 nitrogen and oxygen atoms in total. The molecule has 0 amide bonds. The first-order valence-corrected chi connectivity index (χ1v) is 8.99. The summed E-state index contributed by atoms with van der Waals surface area (Å²) in [5.74, 6) is -0.460. The Morgan fingerprint density at radius 2 is 1.31 bits per heavy atom. The molecule has 1 aliphatic carbocycles.